The van der Waals surface area contributed by atoms with Crippen molar-refractivity contribution >= 4 is 22.8 Å². The van der Waals surface area contributed by atoms with Gasteiger partial charge in [0, 0.05) is 31.7 Å². The molecule has 1 aliphatic rings. The largest absolute Gasteiger partial charge is 0.444 e. The first-order valence-corrected chi connectivity index (χ1v) is 9.63. The van der Waals surface area contributed by atoms with Gasteiger partial charge in [0.2, 0.25) is 0 Å². The number of ether oxygens (including phenoxy) is 1. The number of aromatic nitrogens is 1. The molecule has 2 N–H and O–H groups in total. The number of pyridine rings is 1. The third-order valence-electron chi connectivity index (χ3n) is 4.59. The molecule has 3 rings (SSSR count). The van der Waals surface area contributed by atoms with E-state index in [1.807, 2.05) is 45.2 Å². The van der Waals surface area contributed by atoms with Crippen LogP contribution in [0.2, 0.25) is 0 Å². The van der Waals surface area contributed by atoms with E-state index in [-0.39, 0.29) is 12.1 Å². The summed E-state index contributed by atoms with van der Waals surface area (Å²) in [4.78, 5) is 23.1. The van der Waals surface area contributed by atoms with E-state index in [4.69, 9.17) is 4.74 Å². The molecule has 28 heavy (non-hydrogen) atoms. The van der Waals surface area contributed by atoms with Gasteiger partial charge in [-0.05, 0) is 38.6 Å². The molecule has 7 nitrogen and oxygen atoms in total. The predicted molar refractivity (Wildman–Crippen MR) is 111 cm³/mol. The minimum absolute atomic E-state index is 0.0454. The lowest BCUT2D eigenvalue weighted by Gasteiger charge is -2.23. The van der Waals surface area contributed by atoms with E-state index in [0.29, 0.717) is 13.1 Å². The van der Waals surface area contributed by atoms with E-state index >= 15 is 0 Å². The van der Waals surface area contributed by atoms with Crippen LogP contribution in [-0.4, -0.2) is 53.7 Å². The highest BCUT2D eigenvalue weighted by molar-refractivity contribution is 5.85. The lowest BCUT2D eigenvalue weighted by atomic mass is 10.1. The Kier molecular flexibility index (Phi) is 6.02. The highest BCUT2D eigenvalue weighted by atomic mass is 16.6. The van der Waals surface area contributed by atoms with Crippen LogP contribution in [0.25, 0.3) is 10.8 Å². The minimum atomic E-state index is -0.495. The van der Waals surface area contributed by atoms with Gasteiger partial charge in [-0.25, -0.2) is 4.79 Å². The van der Waals surface area contributed by atoms with Crippen LogP contribution in [0.3, 0.4) is 0 Å². The Morgan fingerprint density at radius 2 is 2.11 bits per heavy atom. The Labute approximate surface area is 166 Å². The zero-order chi connectivity index (χ0) is 20.1. The van der Waals surface area contributed by atoms with Crippen molar-refractivity contribution in [3.8, 4) is 0 Å². The van der Waals surface area contributed by atoms with Gasteiger partial charge in [0.25, 0.3) is 0 Å². The van der Waals surface area contributed by atoms with Gasteiger partial charge < -0.3 is 20.3 Å². The van der Waals surface area contributed by atoms with E-state index in [0.717, 1.165) is 30.0 Å². The summed E-state index contributed by atoms with van der Waals surface area (Å²) in [7, 11) is 1.77. The molecule has 7 heteroatoms. The van der Waals surface area contributed by atoms with Gasteiger partial charge in [-0.15, -0.1) is 0 Å². The number of carbonyl (C=O) groups is 1. The van der Waals surface area contributed by atoms with Crippen molar-refractivity contribution in [2.75, 3.05) is 20.1 Å². The average molecular weight is 383 g/mol. The number of rotatable bonds is 3. The first-order valence-electron chi connectivity index (χ1n) is 9.63. The number of likely N-dealkylation sites (tertiary alicyclic amines) is 1. The molecular weight excluding hydrogens is 354 g/mol. The third kappa shape index (κ3) is 5.12. The molecular formula is C21H29N5O2. The summed E-state index contributed by atoms with van der Waals surface area (Å²) >= 11 is 0. The monoisotopic (exact) mass is 383 g/mol. The fourth-order valence-corrected chi connectivity index (χ4v) is 3.36. The van der Waals surface area contributed by atoms with Crippen LogP contribution in [0, 0.1) is 0 Å². The van der Waals surface area contributed by atoms with Crippen LogP contribution >= 0.6 is 0 Å². The summed E-state index contributed by atoms with van der Waals surface area (Å²) in [5.74, 6) is 0.809. The zero-order valence-corrected chi connectivity index (χ0v) is 17.0. The third-order valence-corrected chi connectivity index (χ3v) is 4.59. The molecule has 1 atom stereocenters. The fourth-order valence-electron chi connectivity index (χ4n) is 3.36. The number of fused-ring (bicyclic) bond motifs is 1. The fraction of sp³-hybridized carbons (Fsp3) is 0.476. The van der Waals surface area contributed by atoms with Gasteiger partial charge in [0.1, 0.15) is 5.60 Å². The van der Waals surface area contributed by atoms with Crippen molar-refractivity contribution in [1.29, 1.82) is 0 Å². The number of alkyl carbamates (subject to hydrolysis) is 1. The summed E-state index contributed by atoms with van der Waals surface area (Å²) in [6, 6.07) is 10.3. The molecule has 0 radical (unpaired) electrons. The van der Waals surface area contributed by atoms with Crippen molar-refractivity contribution in [2.45, 2.75) is 45.4 Å². The van der Waals surface area contributed by atoms with Gasteiger partial charge in [-0.2, -0.15) is 0 Å². The van der Waals surface area contributed by atoms with Gasteiger partial charge in [-0.3, -0.25) is 9.98 Å². The molecule has 1 aliphatic heterocycles. The molecule has 0 saturated carbocycles. The second kappa shape index (κ2) is 8.46. The molecule has 150 valence electrons. The summed E-state index contributed by atoms with van der Waals surface area (Å²) < 4.78 is 5.35. The standard InChI is InChI=1S/C21H29N5O2/c1-21(2,3)28-20(27)25-16-10-12-26(14-16)19(22-4)24-13-18-17-8-6-5-7-15(17)9-11-23-18/h5-9,11,16H,10,12-14H2,1-4H3,(H,22,24)(H,25,27)/t16-/m1/s1. The topological polar surface area (TPSA) is 78.9 Å². The zero-order valence-electron chi connectivity index (χ0n) is 17.0. The second-order valence-corrected chi connectivity index (χ2v) is 7.96. The Bertz CT molecular complexity index is 854. The van der Waals surface area contributed by atoms with Crippen LogP contribution in [0.4, 0.5) is 4.79 Å². The van der Waals surface area contributed by atoms with E-state index in [2.05, 4.69) is 37.6 Å². The lowest BCUT2D eigenvalue weighted by Crippen LogP contribution is -2.44. The van der Waals surface area contributed by atoms with Crippen LogP contribution in [0.1, 0.15) is 32.9 Å². The molecule has 2 aromatic rings. The van der Waals surface area contributed by atoms with Crippen molar-refractivity contribution in [3.05, 3.63) is 42.2 Å². The van der Waals surface area contributed by atoms with Crippen LogP contribution in [0.5, 0.6) is 0 Å². The quantitative estimate of drug-likeness (QED) is 0.629. The number of nitrogens with one attached hydrogen (secondary N) is 2. The Morgan fingerprint density at radius 1 is 1.32 bits per heavy atom. The minimum Gasteiger partial charge on any atom is -0.444 e. The Morgan fingerprint density at radius 3 is 2.86 bits per heavy atom. The van der Waals surface area contributed by atoms with Crippen LogP contribution < -0.4 is 10.6 Å². The Balaban J connectivity index is 1.57. The molecule has 1 saturated heterocycles. The number of hydrogen-bond acceptors (Lipinski definition) is 4. The van der Waals surface area contributed by atoms with Gasteiger partial charge in [-0.1, -0.05) is 24.3 Å². The molecule has 1 aromatic carbocycles. The molecule has 0 unspecified atom stereocenters. The second-order valence-electron chi connectivity index (χ2n) is 7.96. The number of guanidine groups is 1. The summed E-state index contributed by atoms with van der Waals surface area (Å²) in [5, 5.41) is 8.66. The van der Waals surface area contributed by atoms with Gasteiger partial charge >= 0.3 is 6.09 Å². The maximum atomic E-state index is 12.0. The van der Waals surface area contributed by atoms with E-state index in [1.54, 1.807) is 7.05 Å². The summed E-state index contributed by atoms with van der Waals surface area (Å²) in [6.07, 6.45) is 2.31. The van der Waals surface area contributed by atoms with Gasteiger partial charge in [0.15, 0.2) is 5.96 Å². The molecule has 0 spiro atoms. The maximum Gasteiger partial charge on any atom is 0.407 e. The van der Waals surface area contributed by atoms with Crippen molar-refractivity contribution < 1.29 is 9.53 Å². The van der Waals surface area contributed by atoms with Crippen molar-refractivity contribution in [1.82, 2.24) is 20.5 Å². The predicted octanol–water partition coefficient (Wildman–Crippen LogP) is 2.91. The highest BCUT2D eigenvalue weighted by Crippen LogP contribution is 2.17. The van der Waals surface area contributed by atoms with Crippen molar-refractivity contribution in [2.24, 2.45) is 4.99 Å². The number of aliphatic imine (C=N–C) groups is 1. The summed E-state index contributed by atoms with van der Waals surface area (Å²) in [6.45, 7) is 7.70. The lowest BCUT2D eigenvalue weighted by molar-refractivity contribution is 0.0507. The molecule has 1 amide bonds. The SMILES string of the molecule is CN=C(NCc1nccc2ccccc12)N1CC[C@@H](NC(=O)OC(C)(C)C)C1. The van der Waals surface area contributed by atoms with Crippen LogP contribution in [-0.2, 0) is 11.3 Å². The normalized spacial score (nSPS) is 17.6. The number of carbonyl (C=O) groups excluding carboxylic acids is 1. The Hall–Kier alpha value is -2.83. The number of nitrogens with zero attached hydrogens (tertiary/aromatic N) is 3. The first kappa shape index (κ1) is 19.9. The number of benzene rings is 1. The van der Waals surface area contributed by atoms with Crippen LogP contribution in [0.15, 0.2) is 41.5 Å². The number of hydrogen-bond donors (Lipinski definition) is 2. The van der Waals surface area contributed by atoms with E-state index in [1.165, 1.54) is 5.39 Å². The average Bonchev–Trinajstić information content (AvgIpc) is 3.09. The molecule has 1 aromatic heterocycles. The molecule has 2 heterocycles. The molecule has 0 aliphatic carbocycles. The van der Waals surface area contributed by atoms with Crippen molar-refractivity contribution in [3.63, 3.8) is 0 Å². The van der Waals surface area contributed by atoms with E-state index in [9.17, 15) is 4.79 Å². The van der Waals surface area contributed by atoms with E-state index < -0.39 is 5.60 Å². The smallest absolute Gasteiger partial charge is 0.407 e. The number of amides is 1. The highest BCUT2D eigenvalue weighted by Gasteiger charge is 2.27. The summed E-state index contributed by atoms with van der Waals surface area (Å²) in [5.41, 5.74) is 0.493. The molecule has 1 fully saturated rings. The maximum absolute atomic E-state index is 12.0. The molecule has 0 bridgehead atoms. The van der Waals surface area contributed by atoms with Gasteiger partial charge in [0.05, 0.1) is 18.3 Å². The first-order chi connectivity index (χ1) is 13.4.